The largest absolute Gasteiger partial charge is 0.198 e. The predicted molar refractivity (Wildman–Crippen MR) is 90.6 cm³/mol. The van der Waals surface area contributed by atoms with Gasteiger partial charge in [0.2, 0.25) is 0 Å². The molecule has 0 atom stereocenters. The van der Waals surface area contributed by atoms with Crippen molar-refractivity contribution in [2.45, 2.75) is 26.3 Å². The predicted octanol–water partition coefficient (Wildman–Crippen LogP) is 4.26. The fourth-order valence-corrected chi connectivity index (χ4v) is 2.41. The van der Waals surface area contributed by atoms with Gasteiger partial charge in [0.05, 0.1) is 18.5 Å². The number of rotatable bonds is 4. The Morgan fingerprint density at radius 2 is 1.48 bits per heavy atom. The Bertz CT molecular complexity index is 824. The number of aromatic nitrogens is 3. The molecule has 0 saturated carbocycles. The van der Waals surface area contributed by atoms with E-state index < -0.39 is 0 Å². The fourth-order valence-electron chi connectivity index (χ4n) is 2.41. The highest BCUT2D eigenvalue weighted by molar-refractivity contribution is 5.77. The summed E-state index contributed by atoms with van der Waals surface area (Å²) in [4.78, 5) is 1.75. The lowest BCUT2D eigenvalue weighted by molar-refractivity contribution is 0.468. The zero-order chi connectivity index (χ0) is 16.2. The molecule has 0 fully saturated rings. The van der Waals surface area contributed by atoms with E-state index in [1.165, 1.54) is 0 Å². The molecule has 4 heteroatoms. The average Bonchev–Trinajstić information content (AvgIpc) is 3.02. The summed E-state index contributed by atoms with van der Waals surface area (Å²) < 4.78 is 0. The molecule has 0 amide bonds. The summed E-state index contributed by atoms with van der Waals surface area (Å²) in [7, 11) is 0. The number of nitrogens with zero attached hydrogens (tertiary/aromatic N) is 4. The molecule has 2 aromatic carbocycles. The molecule has 4 nitrogen and oxygen atoms in total. The quantitative estimate of drug-likeness (QED) is 0.723. The maximum Gasteiger partial charge on any atom is 0.121 e. The molecular formula is C19H18N4. The van der Waals surface area contributed by atoms with Crippen molar-refractivity contribution < 1.29 is 0 Å². The molecule has 1 heterocycles. The van der Waals surface area contributed by atoms with E-state index in [4.69, 9.17) is 5.26 Å². The maximum atomic E-state index is 8.79. The molecule has 0 bridgehead atoms. The van der Waals surface area contributed by atoms with E-state index >= 15 is 0 Å². The van der Waals surface area contributed by atoms with Crippen molar-refractivity contribution >= 4 is 0 Å². The first-order chi connectivity index (χ1) is 11.2. The third-order valence-corrected chi connectivity index (χ3v) is 3.65. The van der Waals surface area contributed by atoms with Crippen molar-refractivity contribution in [3.05, 3.63) is 60.2 Å². The van der Waals surface area contributed by atoms with Crippen LogP contribution in [-0.4, -0.2) is 15.0 Å². The lowest BCUT2D eigenvalue weighted by Crippen LogP contribution is -2.04. The molecule has 0 N–H and O–H groups in total. The van der Waals surface area contributed by atoms with E-state index in [9.17, 15) is 0 Å². The second kappa shape index (κ2) is 6.45. The Labute approximate surface area is 136 Å². The third-order valence-electron chi connectivity index (χ3n) is 3.65. The average molecular weight is 302 g/mol. The Morgan fingerprint density at radius 3 is 2.00 bits per heavy atom. The first-order valence-corrected chi connectivity index (χ1v) is 7.67. The topological polar surface area (TPSA) is 54.5 Å². The molecule has 0 aliphatic rings. The van der Waals surface area contributed by atoms with Crippen LogP contribution in [0.4, 0.5) is 0 Å². The van der Waals surface area contributed by atoms with Crippen molar-refractivity contribution in [3.8, 4) is 28.6 Å². The second-order valence-electron chi connectivity index (χ2n) is 5.71. The Kier molecular flexibility index (Phi) is 4.20. The van der Waals surface area contributed by atoms with Gasteiger partial charge in [-0.15, -0.1) is 0 Å². The van der Waals surface area contributed by atoms with Gasteiger partial charge in [-0.05, 0) is 19.4 Å². The summed E-state index contributed by atoms with van der Waals surface area (Å²) in [5.74, 6) is 0. The highest BCUT2D eigenvalue weighted by Gasteiger charge is 2.16. The van der Waals surface area contributed by atoms with Crippen molar-refractivity contribution in [1.29, 1.82) is 5.26 Å². The van der Waals surface area contributed by atoms with Crippen molar-refractivity contribution in [1.82, 2.24) is 15.0 Å². The molecule has 1 aromatic heterocycles. The van der Waals surface area contributed by atoms with Gasteiger partial charge in [0.25, 0.3) is 0 Å². The first kappa shape index (κ1) is 15.0. The van der Waals surface area contributed by atoms with Crippen molar-refractivity contribution in [3.63, 3.8) is 0 Å². The lowest BCUT2D eigenvalue weighted by Gasteiger charge is -2.02. The number of benzene rings is 2. The van der Waals surface area contributed by atoms with Gasteiger partial charge in [-0.25, -0.2) is 0 Å². The van der Waals surface area contributed by atoms with E-state index in [1.807, 2.05) is 54.6 Å². The van der Waals surface area contributed by atoms with Crippen LogP contribution in [0, 0.1) is 11.3 Å². The van der Waals surface area contributed by atoms with Crippen LogP contribution < -0.4 is 0 Å². The SMILES string of the molecule is CC(C)n1nc(-c2ccccc2)c(-c2ccc(CC#N)cc2)n1. The Morgan fingerprint density at radius 1 is 0.913 bits per heavy atom. The van der Waals surface area contributed by atoms with E-state index in [0.29, 0.717) is 6.42 Å². The van der Waals surface area contributed by atoms with E-state index in [-0.39, 0.29) is 6.04 Å². The molecule has 0 saturated heterocycles. The highest BCUT2D eigenvalue weighted by atomic mass is 15.5. The van der Waals surface area contributed by atoms with Gasteiger partial charge in [0.15, 0.2) is 0 Å². The van der Waals surface area contributed by atoms with Crippen molar-refractivity contribution in [2.24, 2.45) is 0 Å². The van der Waals surface area contributed by atoms with Crippen LogP contribution in [0.3, 0.4) is 0 Å². The van der Waals surface area contributed by atoms with Crippen LogP contribution in [0.15, 0.2) is 54.6 Å². The van der Waals surface area contributed by atoms with Gasteiger partial charge >= 0.3 is 0 Å². The highest BCUT2D eigenvalue weighted by Crippen LogP contribution is 2.29. The molecule has 0 aliphatic heterocycles. The van der Waals surface area contributed by atoms with Crippen molar-refractivity contribution in [2.75, 3.05) is 0 Å². The molecule has 3 aromatic rings. The van der Waals surface area contributed by atoms with Gasteiger partial charge in [-0.1, -0.05) is 54.6 Å². The molecule has 114 valence electrons. The zero-order valence-electron chi connectivity index (χ0n) is 13.3. The monoisotopic (exact) mass is 302 g/mol. The van der Waals surface area contributed by atoms with E-state index in [1.54, 1.807) is 4.80 Å². The Hall–Kier alpha value is -2.93. The summed E-state index contributed by atoms with van der Waals surface area (Å²) in [6.45, 7) is 4.13. The van der Waals surface area contributed by atoms with Crippen LogP contribution >= 0.6 is 0 Å². The minimum absolute atomic E-state index is 0.198. The molecular weight excluding hydrogens is 284 g/mol. The minimum atomic E-state index is 0.198. The summed E-state index contributed by atoms with van der Waals surface area (Å²) in [5.41, 5.74) is 4.82. The minimum Gasteiger partial charge on any atom is -0.198 e. The lowest BCUT2D eigenvalue weighted by atomic mass is 10.0. The molecule has 0 radical (unpaired) electrons. The molecule has 0 spiro atoms. The first-order valence-electron chi connectivity index (χ1n) is 7.67. The smallest absolute Gasteiger partial charge is 0.121 e. The van der Waals surface area contributed by atoms with Gasteiger partial charge < -0.3 is 0 Å². The Balaban J connectivity index is 2.09. The number of nitriles is 1. The second-order valence-corrected chi connectivity index (χ2v) is 5.71. The molecule has 23 heavy (non-hydrogen) atoms. The molecule has 0 aliphatic carbocycles. The third kappa shape index (κ3) is 3.14. The van der Waals surface area contributed by atoms with E-state index in [0.717, 1.165) is 28.1 Å². The fraction of sp³-hybridized carbons (Fsp3) is 0.211. The molecule has 3 rings (SSSR count). The summed E-state index contributed by atoms with van der Waals surface area (Å²) in [6.07, 6.45) is 0.421. The van der Waals surface area contributed by atoms with Gasteiger partial charge in [-0.3, -0.25) is 0 Å². The van der Waals surface area contributed by atoms with Crippen LogP contribution in [0.1, 0.15) is 25.5 Å². The summed E-state index contributed by atoms with van der Waals surface area (Å²) >= 11 is 0. The van der Waals surface area contributed by atoms with Gasteiger partial charge in [-0.2, -0.15) is 20.3 Å². The number of hydrogen-bond donors (Lipinski definition) is 0. The summed E-state index contributed by atoms with van der Waals surface area (Å²) in [6, 6.07) is 20.4. The van der Waals surface area contributed by atoms with E-state index in [2.05, 4.69) is 30.1 Å². The maximum absolute atomic E-state index is 8.79. The standard InChI is InChI=1S/C19H18N4/c1-14(2)23-21-18(16-6-4-3-5-7-16)19(22-23)17-10-8-15(9-11-17)12-13-20/h3-11,14H,12H2,1-2H3. The van der Waals surface area contributed by atoms with Gasteiger partial charge in [0.1, 0.15) is 11.4 Å². The van der Waals surface area contributed by atoms with Crippen LogP contribution in [-0.2, 0) is 6.42 Å². The number of hydrogen-bond acceptors (Lipinski definition) is 3. The van der Waals surface area contributed by atoms with Gasteiger partial charge in [0, 0.05) is 11.1 Å². The zero-order valence-corrected chi connectivity index (χ0v) is 13.3. The van der Waals surface area contributed by atoms with Crippen LogP contribution in [0.25, 0.3) is 22.5 Å². The summed E-state index contributed by atoms with van der Waals surface area (Å²) in [5, 5.41) is 18.1. The normalized spacial score (nSPS) is 10.7. The van der Waals surface area contributed by atoms with Crippen LogP contribution in [0.2, 0.25) is 0 Å². The van der Waals surface area contributed by atoms with Crippen LogP contribution in [0.5, 0.6) is 0 Å². The molecule has 0 unspecified atom stereocenters.